The molecule has 0 atom stereocenters. The maximum absolute atomic E-state index is 12.7. The highest BCUT2D eigenvalue weighted by Crippen LogP contribution is 2.35. The van der Waals surface area contributed by atoms with Gasteiger partial charge in [0.1, 0.15) is 17.2 Å². The topological polar surface area (TPSA) is 184 Å². The fraction of sp³-hybridized carbons (Fsp3) is 0.238. The van der Waals surface area contributed by atoms with Crippen molar-refractivity contribution in [3.63, 3.8) is 0 Å². The zero-order valence-electron chi connectivity index (χ0n) is 33.9. The number of amides is 4. The van der Waals surface area contributed by atoms with Crippen LogP contribution in [0, 0.1) is 6.92 Å². The Morgan fingerprint density at radius 2 is 1.22 bits per heavy atom. The van der Waals surface area contributed by atoms with Gasteiger partial charge in [-0.15, -0.1) is 5.10 Å². The molecule has 0 radical (unpaired) electrons. The number of fused-ring (bicyclic) bond motifs is 2. The van der Waals surface area contributed by atoms with Crippen LogP contribution in [-0.4, -0.2) is 83.5 Å². The van der Waals surface area contributed by atoms with E-state index in [0.29, 0.717) is 40.2 Å². The Hall–Kier alpha value is -6.44. The number of aromatic amines is 2. The number of rotatable bonds is 7. The number of aryl methyl sites for hydroxylation is 1. The number of hydrogen-bond acceptors (Lipinski definition) is 9. The molecule has 63 heavy (non-hydrogen) atoms. The molecule has 15 nitrogen and oxygen atoms in total. The lowest BCUT2D eigenvalue weighted by molar-refractivity contribution is -0.0501. The minimum absolute atomic E-state index is 0.0651. The number of anilines is 2. The summed E-state index contributed by atoms with van der Waals surface area (Å²) in [5.74, 6) is 0.979. The number of H-pyrrole nitrogens is 2. The van der Waals surface area contributed by atoms with Crippen LogP contribution in [0.15, 0.2) is 97.1 Å². The maximum Gasteiger partial charge on any atom is 0.534 e. The van der Waals surface area contributed by atoms with Gasteiger partial charge in [0.05, 0.1) is 32.9 Å². The van der Waals surface area contributed by atoms with Gasteiger partial charge in [0.25, 0.3) is 5.88 Å². The van der Waals surface area contributed by atoms with Crippen LogP contribution >= 0.6 is 23.2 Å². The van der Waals surface area contributed by atoms with Gasteiger partial charge in [-0.3, -0.25) is 10.2 Å². The monoisotopic (exact) mass is 928 g/mol. The van der Waals surface area contributed by atoms with Gasteiger partial charge in [0.2, 0.25) is 0 Å². The van der Waals surface area contributed by atoms with Crippen molar-refractivity contribution >= 4 is 56.8 Å². The Kier molecular flexibility index (Phi) is 14.7. The maximum atomic E-state index is 12.7. The van der Waals surface area contributed by atoms with Gasteiger partial charge in [-0.2, -0.15) is 26.7 Å². The third kappa shape index (κ3) is 11.5. The third-order valence-electron chi connectivity index (χ3n) is 9.70. The fourth-order valence-corrected chi connectivity index (χ4v) is 7.34. The number of benzene rings is 4. The second-order valence-corrected chi connectivity index (χ2v) is 16.3. The standard InChI is InChI=1S/C20H19ClN4O2.C14H12ClF3N4O4S.C8H10O/c1-27-18-8-3-2-7-15(18)19-16-12-25(10-9-17(16)23-24-19)20(26)22-14-6-4-5-13(21)11-14;15-8-2-1-3-9(6-8)19-13(23)22-5-4-11-10(7-22)12(21-20-11)26-27(24,25)14(16,17)18;1-7-5-3-4-6-8(7)9-2/h2-8,11H,9-10,12H2,1H3,(H,22,26)(H,23,24);1-3,6H,4-5,7H2,(H,19,23)(H,20,21);3-6H,1-2H3. The van der Waals surface area contributed by atoms with Crippen LogP contribution in [0.25, 0.3) is 11.3 Å². The highest BCUT2D eigenvalue weighted by molar-refractivity contribution is 7.88. The molecule has 2 aromatic heterocycles. The summed E-state index contributed by atoms with van der Waals surface area (Å²) < 4.78 is 74.5. The molecule has 0 fully saturated rings. The molecule has 4 amide bonds. The number of halogens is 5. The summed E-state index contributed by atoms with van der Waals surface area (Å²) in [5, 5.41) is 20.0. The van der Waals surface area contributed by atoms with Gasteiger partial charge in [-0.05, 0) is 67.1 Å². The van der Waals surface area contributed by atoms with E-state index in [9.17, 15) is 31.2 Å². The van der Waals surface area contributed by atoms with E-state index in [4.69, 9.17) is 32.7 Å². The predicted octanol–water partition coefficient (Wildman–Crippen LogP) is 9.21. The minimum atomic E-state index is -5.86. The van der Waals surface area contributed by atoms with E-state index in [1.54, 1.807) is 49.5 Å². The molecule has 0 bridgehead atoms. The molecule has 332 valence electrons. The lowest BCUT2D eigenvalue weighted by Crippen LogP contribution is -2.39. The lowest BCUT2D eigenvalue weighted by atomic mass is 10.0. The fourth-order valence-electron chi connectivity index (χ4n) is 6.52. The van der Waals surface area contributed by atoms with Crippen molar-refractivity contribution in [1.82, 2.24) is 30.2 Å². The summed E-state index contributed by atoms with van der Waals surface area (Å²) in [6.45, 7) is 3.19. The van der Waals surface area contributed by atoms with Crippen LogP contribution in [0.5, 0.6) is 17.4 Å². The van der Waals surface area contributed by atoms with E-state index in [0.717, 1.165) is 40.4 Å². The third-order valence-corrected chi connectivity index (χ3v) is 11.1. The average Bonchev–Trinajstić information content (AvgIpc) is 3.87. The van der Waals surface area contributed by atoms with Crippen LogP contribution in [0.2, 0.25) is 10.0 Å². The molecule has 4 heterocycles. The van der Waals surface area contributed by atoms with Crippen molar-refractivity contribution in [2.75, 3.05) is 37.9 Å². The molecule has 8 rings (SSSR count). The van der Waals surface area contributed by atoms with Gasteiger partial charge in [-0.25, -0.2) is 9.59 Å². The number of urea groups is 2. The first kappa shape index (κ1) is 46.1. The molecular weight excluding hydrogens is 888 g/mol. The van der Waals surface area contributed by atoms with Gasteiger partial charge in [-0.1, -0.05) is 65.7 Å². The highest BCUT2D eigenvalue weighted by atomic mass is 35.5. The van der Waals surface area contributed by atoms with E-state index in [-0.39, 0.29) is 31.1 Å². The van der Waals surface area contributed by atoms with Gasteiger partial charge in [0.15, 0.2) is 0 Å². The van der Waals surface area contributed by atoms with Crippen LogP contribution in [0.4, 0.5) is 34.1 Å². The lowest BCUT2D eigenvalue weighted by Gasteiger charge is -2.27. The smallest absolute Gasteiger partial charge is 0.496 e. The zero-order chi connectivity index (χ0) is 45.3. The number of carbonyl (C=O) groups is 2. The Labute approximate surface area is 370 Å². The first-order valence-electron chi connectivity index (χ1n) is 19.1. The van der Waals surface area contributed by atoms with E-state index in [1.807, 2.05) is 67.6 Å². The molecular formula is C42H41Cl2F3N8O7S. The molecule has 2 aliphatic rings. The first-order chi connectivity index (χ1) is 30.1. The summed E-state index contributed by atoms with van der Waals surface area (Å²) in [7, 11) is -2.54. The van der Waals surface area contributed by atoms with Crippen molar-refractivity contribution in [2.45, 2.75) is 38.4 Å². The predicted molar refractivity (Wildman–Crippen MR) is 232 cm³/mol. The number of alkyl halides is 3. The Balaban J connectivity index is 0.000000175. The number of hydrogen-bond donors (Lipinski definition) is 4. The molecule has 6 aromatic rings. The summed E-state index contributed by atoms with van der Waals surface area (Å²) >= 11 is 11.8. The van der Waals surface area contributed by atoms with Gasteiger partial charge in [0, 0.05) is 69.9 Å². The minimum Gasteiger partial charge on any atom is -0.496 e. The molecule has 0 saturated carbocycles. The van der Waals surface area contributed by atoms with Crippen molar-refractivity contribution in [3.8, 4) is 28.6 Å². The second kappa shape index (κ2) is 20.2. The SMILES string of the molecule is COc1ccccc1-c1n[nH]c2c1CN(C(=O)Nc1cccc(Cl)c1)CC2.COc1ccccc1C.O=C(Nc1cccc(Cl)c1)N1CCc2[nH]nc(OS(=O)(=O)C(F)(F)F)c2C1. The largest absolute Gasteiger partial charge is 0.534 e. The van der Waals surface area contributed by atoms with Gasteiger partial charge < -0.3 is 34.1 Å². The normalized spacial score (nSPS) is 13.2. The molecule has 4 N–H and O–H groups in total. The molecule has 0 aliphatic carbocycles. The van der Waals surface area contributed by atoms with Crippen molar-refractivity contribution in [3.05, 3.63) is 135 Å². The number of nitrogens with zero attached hydrogens (tertiary/aromatic N) is 4. The first-order valence-corrected chi connectivity index (χ1v) is 21.2. The summed E-state index contributed by atoms with van der Waals surface area (Å²) in [5.41, 5.74) is 0.977. The Morgan fingerprint density at radius 1 is 0.714 bits per heavy atom. The van der Waals surface area contributed by atoms with Crippen molar-refractivity contribution in [1.29, 1.82) is 0 Å². The molecule has 0 saturated heterocycles. The van der Waals surface area contributed by atoms with E-state index >= 15 is 0 Å². The number of methoxy groups -OCH3 is 2. The van der Waals surface area contributed by atoms with Crippen LogP contribution in [0.3, 0.4) is 0 Å². The summed E-state index contributed by atoms with van der Waals surface area (Å²) in [6, 6.07) is 28.5. The summed E-state index contributed by atoms with van der Waals surface area (Å²) in [4.78, 5) is 28.1. The van der Waals surface area contributed by atoms with E-state index < -0.39 is 27.5 Å². The van der Waals surface area contributed by atoms with Crippen LogP contribution in [-0.2, 0) is 36.0 Å². The molecule has 21 heteroatoms. The second-order valence-electron chi connectivity index (χ2n) is 13.9. The van der Waals surface area contributed by atoms with E-state index in [1.165, 1.54) is 16.5 Å². The van der Waals surface area contributed by atoms with Crippen molar-refractivity contribution < 1.29 is 44.8 Å². The number of aromatic nitrogens is 4. The molecule has 0 unspecified atom stereocenters. The number of nitrogens with one attached hydrogen (secondary N) is 4. The number of ether oxygens (including phenoxy) is 2. The molecule has 0 spiro atoms. The van der Waals surface area contributed by atoms with Crippen molar-refractivity contribution in [2.24, 2.45) is 0 Å². The average molecular weight is 930 g/mol. The number of para-hydroxylation sites is 2. The number of carbonyl (C=O) groups excluding carboxylic acids is 2. The van der Waals surface area contributed by atoms with Crippen LogP contribution < -0.4 is 24.3 Å². The molecule has 4 aromatic carbocycles. The Morgan fingerprint density at radius 3 is 1.75 bits per heavy atom. The van der Waals surface area contributed by atoms with E-state index in [2.05, 4.69) is 35.2 Å². The quantitative estimate of drug-likeness (QED) is 0.0896. The zero-order valence-corrected chi connectivity index (χ0v) is 36.3. The van der Waals surface area contributed by atoms with Crippen LogP contribution in [0.1, 0.15) is 28.1 Å². The molecule has 2 aliphatic heterocycles. The summed E-state index contributed by atoms with van der Waals surface area (Å²) in [6.07, 6.45) is 0.959. The Bertz CT molecular complexity index is 2680. The highest BCUT2D eigenvalue weighted by Gasteiger charge is 2.49. The van der Waals surface area contributed by atoms with Gasteiger partial charge >= 0.3 is 27.7 Å².